The molecule has 4 rings (SSSR count). The molecule has 0 radical (unpaired) electrons. The maximum Gasteiger partial charge on any atom is 0.165 e. The molecule has 2 aromatic heterocycles. The monoisotopic (exact) mass is 383 g/mol. The number of hydrogen-bond donors (Lipinski definition) is 1. The van der Waals surface area contributed by atoms with E-state index in [-0.39, 0.29) is 0 Å². The Bertz CT molecular complexity index is 1100. The molecule has 0 saturated heterocycles. The molecule has 29 heavy (non-hydrogen) atoms. The molecule has 0 fully saturated rings. The van der Waals surface area contributed by atoms with Crippen LogP contribution in [0.4, 0.5) is 11.5 Å². The van der Waals surface area contributed by atoms with Crippen molar-refractivity contribution in [1.82, 2.24) is 15.0 Å². The van der Waals surface area contributed by atoms with Crippen molar-refractivity contribution in [2.45, 2.75) is 20.3 Å². The van der Waals surface area contributed by atoms with Crippen molar-refractivity contribution in [3.8, 4) is 11.3 Å². The Morgan fingerprint density at radius 3 is 2.31 bits per heavy atom. The SMILES string of the molecule is CCN(CC)c1ccc(-c2cc(Cc3ccccc3)c3c(N)ncnc3n2)cc1. The van der Waals surface area contributed by atoms with Crippen molar-refractivity contribution in [2.24, 2.45) is 0 Å². The van der Waals surface area contributed by atoms with Gasteiger partial charge in [0.1, 0.15) is 12.1 Å². The van der Waals surface area contributed by atoms with Crippen LogP contribution >= 0.6 is 0 Å². The molecular formula is C24H25N5. The maximum absolute atomic E-state index is 6.19. The Morgan fingerprint density at radius 2 is 1.62 bits per heavy atom. The molecule has 0 saturated carbocycles. The number of aromatic nitrogens is 3. The van der Waals surface area contributed by atoms with Crippen LogP contribution in [0.15, 0.2) is 67.0 Å². The summed E-state index contributed by atoms with van der Waals surface area (Å²) in [6.45, 7) is 6.31. The van der Waals surface area contributed by atoms with E-state index >= 15 is 0 Å². The van der Waals surface area contributed by atoms with Crippen LogP contribution in [0.1, 0.15) is 25.0 Å². The van der Waals surface area contributed by atoms with Crippen LogP contribution in [0.2, 0.25) is 0 Å². The van der Waals surface area contributed by atoms with Gasteiger partial charge in [0.05, 0.1) is 11.1 Å². The highest BCUT2D eigenvalue weighted by molar-refractivity contribution is 5.90. The summed E-state index contributed by atoms with van der Waals surface area (Å²) in [6, 6.07) is 21.0. The molecule has 0 bridgehead atoms. The van der Waals surface area contributed by atoms with E-state index in [0.717, 1.165) is 41.7 Å². The summed E-state index contributed by atoms with van der Waals surface area (Å²) in [4.78, 5) is 15.7. The second-order valence-electron chi connectivity index (χ2n) is 7.01. The lowest BCUT2D eigenvalue weighted by atomic mass is 9.99. The molecular weight excluding hydrogens is 358 g/mol. The highest BCUT2D eigenvalue weighted by atomic mass is 15.1. The zero-order valence-electron chi connectivity index (χ0n) is 16.8. The third kappa shape index (κ3) is 3.90. The highest BCUT2D eigenvalue weighted by Crippen LogP contribution is 2.29. The summed E-state index contributed by atoms with van der Waals surface area (Å²) in [6.07, 6.45) is 2.23. The van der Waals surface area contributed by atoms with E-state index in [1.54, 1.807) is 0 Å². The lowest BCUT2D eigenvalue weighted by Gasteiger charge is -2.21. The van der Waals surface area contributed by atoms with E-state index in [4.69, 9.17) is 10.7 Å². The van der Waals surface area contributed by atoms with Crippen molar-refractivity contribution >= 4 is 22.5 Å². The Hall–Kier alpha value is -3.47. The second-order valence-corrected chi connectivity index (χ2v) is 7.01. The first kappa shape index (κ1) is 18.9. The number of benzene rings is 2. The first-order valence-corrected chi connectivity index (χ1v) is 9.99. The molecule has 0 unspecified atom stereocenters. The van der Waals surface area contributed by atoms with Crippen molar-refractivity contribution < 1.29 is 0 Å². The van der Waals surface area contributed by atoms with E-state index in [1.807, 2.05) is 18.2 Å². The molecule has 5 heteroatoms. The number of hydrogen-bond acceptors (Lipinski definition) is 5. The Labute approximate surface area is 171 Å². The zero-order valence-corrected chi connectivity index (χ0v) is 16.8. The van der Waals surface area contributed by atoms with Crippen LogP contribution in [0.5, 0.6) is 0 Å². The molecule has 146 valence electrons. The standard InChI is InChI=1S/C24H25N5/c1-3-29(4-2)20-12-10-18(11-13-20)21-15-19(14-17-8-6-5-7-9-17)22-23(25)26-16-27-24(22)28-21/h5-13,15-16H,3-4,14H2,1-2H3,(H2,25,26,27,28). The van der Waals surface area contributed by atoms with E-state index in [2.05, 4.69) is 71.2 Å². The van der Waals surface area contributed by atoms with Crippen LogP contribution in [-0.2, 0) is 6.42 Å². The summed E-state index contributed by atoms with van der Waals surface area (Å²) >= 11 is 0. The summed E-state index contributed by atoms with van der Waals surface area (Å²) in [5, 5.41) is 0.833. The van der Waals surface area contributed by atoms with Gasteiger partial charge in [-0.3, -0.25) is 0 Å². The van der Waals surface area contributed by atoms with Gasteiger partial charge >= 0.3 is 0 Å². The highest BCUT2D eigenvalue weighted by Gasteiger charge is 2.13. The van der Waals surface area contributed by atoms with Crippen LogP contribution in [0.3, 0.4) is 0 Å². The smallest absolute Gasteiger partial charge is 0.165 e. The fraction of sp³-hybridized carbons (Fsp3) is 0.208. The van der Waals surface area contributed by atoms with Gasteiger partial charge in [-0.2, -0.15) is 0 Å². The normalized spacial score (nSPS) is 11.0. The zero-order chi connectivity index (χ0) is 20.2. The molecule has 2 aromatic carbocycles. The van der Waals surface area contributed by atoms with Crippen molar-refractivity contribution in [3.63, 3.8) is 0 Å². The van der Waals surface area contributed by atoms with Gasteiger partial charge in [0, 0.05) is 24.3 Å². The van der Waals surface area contributed by atoms with Gasteiger partial charge in [0.15, 0.2) is 5.65 Å². The van der Waals surface area contributed by atoms with Gasteiger partial charge in [-0.05, 0) is 49.6 Å². The Morgan fingerprint density at radius 1 is 0.897 bits per heavy atom. The second kappa shape index (κ2) is 8.27. The topological polar surface area (TPSA) is 67.9 Å². The third-order valence-corrected chi connectivity index (χ3v) is 5.24. The minimum Gasteiger partial charge on any atom is -0.383 e. The third-order valence-electron chi connectivity index (χ3n) is 5.24. The fourth-order valence-electron chi connectivity index (χ4n) is 3.70. The van der Waals surface area contributed by atoms with Gasteiger partial charge in [-0.15, -0.1) is 0 Å². The largest absolute Gasteiger partial charge is 0.383 e. The van der Waals surface area contributed by atoms with Gasteiger partial charge in [0.25, 0.3) is 0 Å². The predicted octanol–water partition coefficient (Wildman–Crippen LogP) is 4.71. The Balaban J connectivity index is 1.79. The number of rotatable bonds is 6. The Kier molecular flexibility index (Phi) is 5.38. The quantitative estimate of drug-likeness (QED) is 0.522. The number of nitrogens with two attached hydrogens (primary N) is 1. The van der Waals surface area contributed by atoms with Crippen molar-refractivity contribution in [1.29, 1.82) is 0 Å². The van der Waals surface area contributed by atoms with E-state index < -0.39 is 0 Å². The number of pyridine rings is 1. The van der Waals surface area contributed by atoms with Crippen LogP contribution in [0.25, 0.3) is 22.3 Å². The average Bonchev–Trinajstić information content (AvgIpc) is 2.76. The number of nitrogen functional groups attached to an aromatic ring is 1. The maximum atomic E-state index is 6.19. The first-order chi connectivity index (χ1) is 14.2. The molecule has 0 amide bonds. The van der Waals surface area contributed by atoms with Gasteiger partial charge < -0.3 is 10.6 Å². The summed E-state index contributed by atoms with van der Waals surface area (Å²) < 4.78 is 0. The molecule has 2 N–H and O–H groups in total. The van der Waals surface area contributed by atoms with Crippen LogP contribution < -0.4 is 10.6 Å². The molecule has 4 aromatic rings. The summed E-state index contributed by atoms with van der Waals surface area (Å²) in [7, 11) is 0. The number of nitrogens with zero attached hydrogens (tertiary/aromatic N) is 4. The molecule has 0 spiro atoms. The minimum atomic E-state index is 0.469. The lowest BCUT2D eigenvalue weighted by Crippen LogP contribution is -2.21. The molecule has 0 aliphatic rings. The summed E-state index contributed by atoms with van der Waals surface area (Å²) in [5.41, 5.74) is 12.3. The molecule has 0 aliphatic heterocycles. The lowest BCUT2D eigenvalue weighted by molar-refractivity contribution is 0.866. The van der Waals surface area contributed by atoms with Gasteiger partial charge in [-0.25, -0.2) is 15.0 Å². The van der Waals surface area contributed by atoms with Gasteiger partial charge in [-0.1, -0.05) is 42.5 Å². The number of anilines is 2. The summed E-state index contributed by atoms with van der Waals surface area (Å²) in [5.74, 6) is 0.469. The predicted molar refractivity (Wildman–Crippen MR) is 120 cm³/mol. The van der Waals surface area contributed by atoms with Crippen LogP contribution in [0, 0.1) is 0 Å². The fourth-order valence-corrected chi connectivity index (χ4v) is 3.70. The van der Waals surface area contributed by atoms with Crippen molar-refractivity contribution in [3.05, 3.63) is 78.1 Å². The number of fused-ring (bicyclic) bond motifs is 1. The molecule has 2 heterocycles. The van der Waals surface area contributed by atoms with Crippen molar-refractivity contribution in [2.75, 3.05) is 23.7 Å². The van der Waals surface area contributed by atoms with E-state index in [0.29, 0.717) is 11.5 Å². The van der Waals surface area contributed by atoms with E-state index in [1.165, 1.54) is 17.6 Å². The van der Waals surface area contributed by atoms with E-state index in [9.17, 15) is 0 Å². The first-order valence-electron chi connectivity index (χ1n) is 9.99. The molecule has 5 nitrogen and oxygen atoms in total. The molecule has 0 atom stereocenters. The van der Waals surface area contributed by atoms with Gasteiger partial charge in [0.2, 0.25) is 0 Å². The minimum absolute atomic E-state index is 0.469. The molecule has 0 aliphatic carbocycles. The average molecular weight is 383 g/mol. The van der Waals surface area contributed by atoms with Crippen LogP contribution in [-0.4, -0.2) is 28.0 Å².